The van der Waals surface area contributed by atoms with Gasteiger partial charge in [0.2, 0.25) is 9.84 Å². The zero-order valence-electron chi connectivity index (χ0n) is 14.4. The van der Waals surface area contributed by atoms with Crippen LogP contribution in [0, 0.1) is 6.92 Å². The van der Waals surface area contributed by atoms with Crippen LogP contribution in [0.15, 0.2) is 41.3 Å². The summed E-state index contributed by atoms with van der Waals surface area (Å²) in [6.45, 7) is 1.88. The number of carbonyl (C=O) groups excluding carboxylic acids is 2. The van der Waals surface area contributed by atoms with Gasteiger partial charge < -0.3 is 4.74 Å². The van der Waals surface area contributed by atoms with E-state index in [0.717, 1.165) is 48.2 Å². The van der Waals surface area contributed by atoms with Crippen molar-refractivity contribution in [2.75, 3.05) is 0 Å². The Morgan fingerprint density at radius 1 is 1.07 bits per heavy atom. The number of benzene rings is 2. The lowest BCUT2D eigenvalue weighted by Crippen LogP contribution is -2.17. The predicted octanol–water partition coefficient (Wildman–Crippen LogP) is 3.73. The number of hydrogen-bond acceptors (Lipinski definition) is 5. The predicted molar refractivity (Wildman–Crippen MR) is 93.0 cm³/mol. The number of sulfone groups is 1. The Morgan fingerprint density at radius 3 is 2.37 bits per heavy atom. The van der Waals surface area contributed by atoms with E-state index in [0.29, 0.717) is 12.0 Å². The largest absolute Gasteiger partial charge is 0.422 e. The van der Waals surface area contributed by atoms with Crippen LogP contribution >= 0.6 is 0 Å². The standard InChI is InChI=1S/C19H16F2O5S/c1-11-5-10-16(17-14(11)3-2-4-15(17)22)26-18(23)12-6-8-13(9-7-12)27(24,25)19(20)21/h5-10,19H,2-4H2,1H3. The van der Waals surface area contributed by atoms with Crippen molar-refractivity contribution in [3.05, 3.63) is 58.7 Å². The van der Waals surface area contributed by atoms with E-state index in [1.54, 1.807) is 12.1 Å². The highest BCUT2D eigenvalue weighted by molar-refractivity contribution is 7.91. The fourth-order valence-electron chi connectivity index (χ4n) is 3.04. The van der Waals surface area contributed by atoms with E-state index in [1.807, 2.05) is 6.92 Å². The summed E-state index contributed by atoms with van der Waals surface area (Å²) in [5, 5.41) is 0. The highest BCUT2D eigenvalue weighted by Crippen LogP contribution is 2.32. The molecular formula is C19H16F2O5S. The molecule has 1 aliphatic rings. The molecule has 0 spiro atoms. The minimum atomic E-state index is -4.73. The van der Waals surface area contributed by atoms with Gasteiger partial charge >= 0.3 is 11.7 Å². The summed E-state index contributed by atoms with van der Waals surface area (Å²) in [5.74, 6) is -4.29. The van der Waals surface area contributed by atoms with Gasteiger partial charge in [-0.1, -0.05) is 6.07 Å². The highest BCUT2D eigenvalue weighted by Gasteiger charge is 2.27. The SMILES string of the molecule is Cc1ccc(OC(=O)c2ccc(S(=O)(=O)C(F)F)cc2)c2c1CCCC2=O. The molecule has 3 rings (SSSR count). The number of esters is 1. The minimum Gasteiger partial charge on any atom is -0.422 e. The average molecular weight is 394 g/mol. The first-order valence-corrected chi connectivity index (χ1v) is 9.76. The molecule has 2 aromatic carbocycles. The Kier molecular flexibility index (Phi) is 5.10. The first-order valence-electron chi connectivity index (χ1n) is 8.22. The van der Waals surface area contributed by atoms with E-state index in [9.17, 15) is 26.8 Å². The molecule has 27 heavy (non-hydrogen) atoms. The minimum absolute atomic E-state index is 0.0131. The molecular weight excluding hydrogens is 378 g/mol. The second-order valence-electron chi connectivity index (χ2n) is 6.23. The molecule has 2 aromatic rings. The summed E-state index contributed by atoms with van der Waals surface area (Å²) >= 11 is 0. The topological polar surface area (TPSA) is 77.5 Å². The lowest BCUT2D eigenvalue weighted by Gasteiger charge is -2.20. The van der Waals surface area contributed by atoms with E-state index in [1.165, 1.54) is 0 Å². The van der Waals surface area contributed by atoms with Gasteiger partial charge in [-0.2, -0.15) is 8.78 Å². The molecule has 0 amide bonds. The number of aryl methyl sites for hydroxylation is 1. The van der Waals surface area contributed by atoms with Gasteiger partial charge in [-0.05, 0) is 61.2 Å². The van der Waals surface area contributed by atoms with Crippen molar-refractivity contribution < 1.29 is 31.5 Å². The lowest BCUT2D eigenvalue weighted by atomic mass is 9.87. The van der Waals surface area contributed by atoms with Gasteiger partial charge in [-0.25, -0.2) is 13.2 Å². The van der Waals surface area contributed by atoms with E-state index in [4.69, 9.17) is 4.74 Å². The molecule has 0 heterocycles. The normalized spacial score (nSPS) is 14.1. The molecule has 8 heteroatoms. The van der Waals surface area contributed by atoms with Crippen LogP contribution in [0.5, 0.6) is 5.75 Å². The van der Waals surface area contributed by atoms with Gasteiger partial charge in [-0.15, -0.1) is 0 Å². The van der Waals surface area contributed by atoms with Crippen LogP contribution in [-0.4, -0.2) is 25.9 Å². The third kappa shape index (κ3) is 3.62. The second-order valence-corrected chi connectivity index (χ2v) is 8.15. The summed E-state index contributed by atoms with van der Waals surface area (Å²) in [6, 6.07) is 7.35. The maximum atomic E-state index is 12.6. The number of halogens is 2. The maximum Gasteiger partial charge on any atom is 0.343 e. The lowest BCUT2D eigenvalue weighted by molar-refractivity contribution is 0.0731. The van der Waals surface area contributed by atoms with E-state index >= 15 is 0 Å². The number of hydrogen-bond donors (Lipinski definition) is 0. The molecule has 0 radical (unpaired) electrons. The summed E-state index contributed by atoms with van der Waals surface area (Å²) in [4.78, 5) is 24.0. The number of fused-ring (bicyclic) bond motifs is 1. The van der Waals surface area contributed by atoms with Crippen LogP contribution in [-0.2, 0) is 16.3 Å². The number of alkyl halides is 2. The van der Waals surface area contributed by atoms with Gasteiger partial charge in [0, 0.05) is 6.42 Å². The highest BCUT2D eigenvalue weighted by atomic mass is 32.2. The van der Waals surface area contributed by atoms with Crippen LogP contribution in [0.25, 0.3) is 0 Å². The van der Waals surface area contributed by atoms with Crippen LogP contribution < -0.4 is 4.74 Å². The van der Waals surface area contributed by atoms with Gasteiger partial charge in [0.05, 0.1) is 16.0 Å². The third-order valence-corrected chi connectivity index (χ3v) is 5.87. The van der Waals surface area contributed by atoms with E-state index in [-0.39, 0.29) is 17.1 Å². The van der Waals surface area contributed by atoms with E-state index < -0.39 is 26.5 Å². The summed E-state index contributed by atoms with van der Waals surface area (Å²) in [6.07, 6.45) is 1.84. The van der Waals surface area contributed by atoms with Gasteiger partial charge in [-0.3, -0.25) is 4.79 Å². The van der Waals surface area contributed by atoms with Crippen LogP contribution in [0.2, 0.25) is 0 Å². The van der Waals surface area contributed by atoms with Crippen LogP contribution in [0.4, 0.5) is 8.78 Å². The first-order chi connectivity index (χ1) is 12.7. The van der Waals surface area contributed by atoms with Crippen molar-refractivity contribution in [2.45, 2.75) is 36.8 Å². The summed E-state index contributed by atoms with van der Waals surface area (Å²) in [5.41, 5.74) is 2.18. The average Bonchev–Trinajstić information content (AvgIpc) is 2.64. The Balaban J connectivity index is 1.88. The molecule has 0 aromatic heterocycles. The number of ketones is 1. The fourth-order valence-corrected chi connectivity index (χ4v) is 3.76. The molecule has 0 N–H and O–H groups in total. The molecule has 0 fully saturated rings. The van der Waals surface area contributed by atoms with Gasteiger partial charge in [0.15, 0.2) is 5.78 Å². The molecule has 1 aliphatic carbocycles. The Hall–Kier alpha value is -2.61. The number of Topliss-reactive ketones (excluding diaryl/α,β-unsaturated/α-hetero) is 1. The van der Waals surface area contributed by atoms with Crippen molar-refractivity contribution in [3.63, 3.8) is 0 Å². The van der Waals surface area contributed by atoms with Gasteiger partial charge in [0.1, 0.15) is 5.75 Å². The molecule has 0 unspecified atom stereocenters. The van der Waals surface area contributed by atoms with Crippen molar-refractivity contribution >= 4 is 21.6 Å². The maximum absolute atomic E-state index is 12.6. The molecule has 0 bridgehead atoms. The third-order valence-electron chi connectivity index (χ3n) is 4.47. The number of rotatable bonds is 4. The molecule has 0 atom stereocenters. The van der Waals surface area contributed by atoms with Crippen molar-refractivity contribution in [1.29, 1.82) is 0 Å². The molecule has 142 valence electrons. The first kappa shape index (κ1) is 19.2. The number of ether oxygens (including phenoxy) is 1. The Bertz CT molecular complexity index is 1010. The Labute approximate surface area is 154 Å². The molecule has 0 aliphatic heterocycles. The molecule has 0 saturated carbocycles. The fraction of sp³-hybridized carbons (Fsp3) is 0.263. The quantitative estimate of drug-likeness (QED) is 0.583. The molecule has 0 saturated heterocycles. The van der Waals surface area contributed by atoms with E-state index in [2.05, 4.69) is 0 Å². The summed E-state index contributed by atoms with van der Waals surface area (Å²) < 4.78 is 53.3. The van der Waals surface area contributed by atoms with Crippen molar-refractivity contribution in [1.82, 2.24) is 0 Å². The number of carbonyl (C=O) groups is 2. The van der Waals surface area contributed by atoms with Crippen LogP contribution in [0.1, 0.15) is 44.7 Å². The van der Waals surface area contributed by atoms with Crippen LogP contribution in [0.3, 0.4) is 0 Å². The van der Waals surface area contributed by atoms with Crippen molar-refractivity contribution in [3.8, 4) is 5.75 Å². The van der Waals surface area contributed by atoms with Gasteiger partial charge in [0.25, 0.3) is 0 Å². The van der Waals surface area contributed by atoms with Crippen molar-refractivity contribution in [2.24, 2.45) is 0 Å². The zero-order chi connectivity index (χ0) is 19.8. The smallest absolute Gasteiger partial charge is 0.343 e. The Morgan fingerprint density at radius 2 is 1.74 bits per heavy atom. The second kappa shape index (κ2) is 7.19. The molecule has 5 nitrogen and oxygen atoms in total. The summed E-state index contributed by atoms with van der Waals surface area (Å²) in [7, 11) is -4.73. The monoisotopic (exact) mass is 394 g/mol. The zero-order valence-corrected chi connectivity index (χ0v) is 15.2.